The molecule has 0 amide bonds. The Bertz CT molecular complexity index is 627. The molecule has 0 saturated carbocycles. The first-order chi connectivity index (χ1) is 10.2. The van der Waals surface area contributed by atoms with E-state index in [2.05, 4.69) is 39.4 Å². The van der Waals surface area contributed by atoms with Crippen LogP contribution >= 0.6 is 15.9 Å². The summed E-state index contributed by atoms with van der Waals surface area (Å²) in [4.78, 5) is 0. The van der Waals surface area contributed by atoms with Crippen molar-refractivity contribution in [2.24, 2.45) is 0 Å². The molecule has 1 aliphatic rings. The van der Waals surface area contributed by atoms with Crippen molar-refractivity contribution in [2.45, 2.75) is 18.6 Å². The Kier molecular flexibility index (Phi) is 4.17. The molecule has 3 nitrogen and oxygen atoms in total. The van der Waals surface area contributed by atoms with Crippen LogP contribution in [0, 0.1) is 0 Å². The van der Waals surface area contributed by atoms with Crippen LogP contribution in [0.15, 0.2) is 46.9 Å². The number of halogens is 1. The van der Waals surface area contributed by atoms with E-state index in [1.165, 1.54) is 11.1 Å². The van der Waals surface area contributed by atoms with Crippen molar-refractivity contribution < 1.29 is 9.47 Å². The lowest BCUT2D eigenvalue weighted by Crippen LogP contribution is -2.26. The van der Waals surface area contributed by atoms with Gasteiger partial charge in [0.1, 0.15) is 17.6 Å². The van der Waals surface area contributed by atoms with Gasteiger partial charge in [-0.3, -0.25) is 0 Å². The maximum absolute atomic E-state index is 6.18. The largest absolute Gasteiger partial charge is 0.497 e. The van der Waals surface area contributed by atoms with E-state index in [1.54, 1.807) is 7.11 Å². The highest BCUT2D eigenvalue weighted by Crippen LogP contribution is 2.41. The van der Waals surface area contributed by atoms with Gasteiger partial charge in [0.25, 0.3) is 0 Å². The van der Waals surface area contributed by atoms with Crippen LogP contribution in [0.5, 0.6) is 11.5 Å². The molecule has 1 N–H and O–H groups in total. The van der Waals surface area contributed by atoms with Crippen LogP contribution in [-0.4, -0.2) is 14.2 Å². The average Bonchev–Trinajstić information content (AvgIpc) is 2.54. The van der Waals surface area contributed by atoms with Crippen LogP contribution in [0.3, 0.4) is 0 Å². The third-order valence-electron chi connectivity index (χ3n) is 3.90. The molecule has 3 rings (SSSR count). The summed E-state index contributed by atoms with van der Waals surface area (Å²) in [5.41, 5.74) is 2.38. The van der Waals surface area contributed by atoms with Crippen LogP contribution < -0.4 is 14.8 Å². The molecule has 2 unspecified atom stereocenters. The molecule has 0 bridgehead atoms. The topological polar surface area (TPSA) is 30.5 Å². The first-order valence-corrected chi connectivity index (χ1v) is 7.78. The molecule has 0 aliphatic carbocycles. The second-order valence-corrected chi connectivity index (χ2v) is 6.05. The Morgan fingerprint density at radius 3 is 2.62 bits per heavy atom. The summed E-state index contributed by atoms with van der Waals surface area (Å²) < 4.78 is 12.5. The molecular weight excluding hydrogens is 330 g/mol. The average molecular weight is 348 g/mol. The highest BCUT2D eigenvalue weighted by Gasteiger charge is 2.28. The standard InChI is InChI=1S/C17H18BrNO2/c1-19-15-10-17(11-3-6-13(20-2)7-4-11)21-16-8-5-12(18)9-14(15)16/h3-9,15,17,19H,10H2,1-2H3. The van der Waals surface area contributed by atoms with Crippen molar-refractivity contribution in [3.63, 3.8) is 0 Å². The quantitative estimate of drug-likeness (QED) is 0.900. The third kappa shape index (κ3) is 2.92. The van der Waals surface area contributed by atoms with E-state index in [-0.39, 0.29) is 6.10 Å². The third-order valence-corrected chi connectivity index (χ3v) is 4.40. The molecule has 2 aromatic rings. The van der Waals surface area contributed by atoms with E-state index < -0.39 is 0 Å². The maximum atomic E-state index is 6.18. The minimum atomic E-state index is 0.0574. The number of hydrogen-bond acceptors (Lipinski definition) is 3. The number of fused-ring (bicyclic) bond motifs is 1. The monoisotopic (exact) mass is 347 g/mol. The summed E-state index contributed by atoms with van der Waals surface area (Å²) in [6.45, 7) is 0. The first-order valence-electron chi connectivity index (χ1n) is 6.98. The lowest BCUT2D eigenvalue weighted by Gasteiger charge is -2.32. The van der Waals surface area contributed by atoms with Gasteiger partial charge in [-0.25, -0.2) is 0 Å². The van der Waals surface area contributed by atoms with Crippen molar-refractivity contribution in [3.05, 3.63) is 58.1 Å². The lowest BCUT2D eigenvalue weighted by molar-refractivity contribution is 0.154. The molecule has 4 heteroatoms. The van der Waals surface area contributed by atoms with Crippen LogP contribution in [0.2, 0.25) is 0 Å². The Hall–Kier alpha value is -1.52. The van der Waals surface area contributed by atoms with Crippen molar-refractivity contribution in [1.29, 1.82) is 0 Å². The second kappa shape index (κ2) is 6.08. The molecule has 110 valence electrons. The van der Waals surface area contributed by atoms with Gasteiger partial charge in [0.05, 0.1) is 7.11 Å². The van der Waals surface area contributed by atoms with Gasteiger partial charge in [-0.05, 0) is 42.9 Å². The zero-order valence-electron chi connectivity index (χ0n) is 12.1. The summed E-state index contributed by atoms with van der Waals surface area (Å²) in [6.07, 6.45) is 0.966. The molecule has 2 atom stereocenters. The number of hydrogen-bond donors (Lipinski definition) is 1. The van der Waals surface area contributed by atoms with Gasteiger partial charge in [0, 0.05) is 22.5 Å². The molecular formula is C17H18BrNO2. The van der Waals surface area contributed by atoms with Crippen molar-refractivity contribution in [3.8, 4) is 11.5 Å². The van der Waals surface area contributed by atoms with Crippen molar-refractivity contribution >= 4 is 15.9 Å². The zero-order chi connectivity index (χ0) is 14.8. The van der Waals surface area contributed by atoms with Gasteiger partial charge in [-0.1, -0.05) is 28.1 Å². The predicted octanol–water partition coefficient (Wildman–Crippen LogP) is 4.24. The summed E-state index contributed by atoms with van der Waals surface area (Å²) in [5, 5.41) is 3.38. The van der Waals surface area contributed by atoms with E-state index in [0.29, 0.717) is 6.04 Å². The maximum Gasteiger partial charge on any atom is 0.126 e. The smallest absolute Gasteiger partial charge is 0.126 e. The normalized spacial score (nSPS) is 20.5. The Morgan fingerprint density at radius 1 is 1.19 bits per heavy atom. The minimum Gasteiger partial charge on any atom is -0.497 e. The molecule has 21 heavy (non-hydrogen) atoms. The molecule has 0 radical (unpaired) electrons. The summed E-state index contributed by atoms with van der Waals surface area (Å²) in [6, 6.07) is 14.6. The van der Waals surface area contributed by atoms with E-state index in [9.17, 15) is 0 Å². The van der Waals surface area contributed by atoms with Gasteiger partial charge in [-0.15, -0.1) is 0 Å². The molecule has 2 aromatic carbocycles. The van der Waals surface area contributed by atoms with E-state index in [0.717, 1.165) is 22.4 Å². The van der Waals surface area contributed by atoms with Gasteiger partial charge >= 0.3 is 0 Å². The Labute approximate surface area is 133 Å². The summed E-state index contributed by atoms with van der Waals surface area (Å²) in [7, 11) is 3.67. The first kappa shape index (κ1) is 14.4. The van der Waals surface area contributed by atoms with Gasteiger partial charge in [-0.2, -0.15) is 0 Å². The molecule has 1 aliphatic heterocycles. The second-order valence-electron chi connectivity index (χ2n) is 5.14. The fourth-order valence-corrected chi connectivity index (χ4v) is 3.12. The van der Waals surface area contributed by atoms with Crippen LogP contribution in [0.25, 0.3) is 0 Å². The predicted molar refractivity (Wildman–Crippen MR) is 86.9 cm³/mol. The SMILES string of the molecule is CNC1CC(c2ccc(OC)cc2)Oc2ccc(Br)cc21. The van der Waals surface area contributed by atoms with Crippen molar-refractivity contribution in [1.82, 2.24) is 5.32 Å². The molecule has 0 aromatic heterocycles. The van der Waals surface area contributed by atoms with Crippen LogP contribution in [0.4, 0.5) is 0 Å². The fraction of sp³-hybridized carbons (Fsp3) is 0.294. The van der Waals surface area contributed by atoms with Crippen molar-refractivity contribution in [2.75, 3.05) is 14.2 Å². The Morgan fingerprint density at radius 2 is 1.95 bits per heavy atom. The highest BCUT2D eigenvalue weighted by molar-refractivity contribution is 9.10. The number of methoxy groups -OCH3 is 1. The van der Waals surface area contributed by atoms with Gasteiger partial charge in [0.15, 0.2) is 0 Å². The van der Waals surface area contributed by atoms with E-state index in [4.69, 9.17) is 9.47 Å². The van der Waals surface area contributed by atoms with Gasteiger partial charge < -0.3 is 14.8 Å². The highest BCUT2D eigenvalue weighted by atomic mass is 79.9. The Balaban J connectivity index is 1.90. The molecule has 0 fully saturated rings. The van der Waals surface area contributed by atoms with E-state index >= 15 is 0 Å². The number of rotatable bonds is 3. The zero-order valence-corrected chi connectivity index (χ0v) is 13.7. The molecule has 0 spiro atoms. The lowest BCUT2D eigenvalue weighted by atomic mass is 9.93. The minimum absolute atomic E-state index is 0.0574. The number of nitrogens with one attached hydrogen (secondary N) is 1. The molecule has 1 heterocycles. The van der Waals surface area contributed by atoms with E-state index in [1.807, 2.05) is 31.3 Å². The molecule has 0 saturated heterocycles. The van der Waals surface area contributed by atoms with Crippen LogP contribution in [-0.2, 0) is 0 Å². The number of ether oxygens (including phenoxy) is 2. The number of benzene rings is 2. The summed E-state index contributed by atoms with van der Waals surface area (Å²) >= 11 is 3.53. The summed E-state index contributed by atoms with van der Waals surface area (Å²) in [5.74, 6) is 1.81. The fourth-order valence-electron chi connectivity index (χ4n) is 2.74. The van der Waals surface area contributed by atoms with Gasteiger partial charge in [0.2, 0.25) is 0 Å². The van der Waals surface area contributed by atoms with Crippen LogP contribution in [0.1, 0.15) is 29.7 Å².